The zero-order valence-electron chi connectivity index (χ0n) is 11.8. The van der Waals surface area contributed by atoms with Crippen LogP contribution in [0.4, 0.5) is 0 Å². The summed E-state index contributed by atoms with van der Waals surface area (Å²) < 4.78 is 7.18. The van der Waals surface area contributed by atoms with Gasteiger partial charge in [-0.3, -0.25) is 9.97 Å². The van der Waals surface area contributed by atoms with Crippen molar-refractivity contribution in [2.24, 2.45) is 0 Å². The second-order valence-corrected chi connectivity index (χ2v) is 6.20. The summed E-state index contributed by atoms with van der Waals surface area (Å²) in [6.07, 6.45) is 3.39. The Kier molecular flexibility index (Phi) is 3.51. The maximum Gasteiger partial charge on any atom is 0.416 e. The number of hydrogen-bond donors (Lipinski definition) is 1. The molecule has 0 aliphatic carbocycles. The second-order valence-electron chi connectivity index (χ2n) is 4.96. The Labute approximate surface area is 139 Å². The van der Waals surface area contributed by atoms with Crippen LogP contribution in [0.25, 0.3) is 22.4 Å². The fraction of sp³-hybridized carbons (Fsp3) is 0.133. The van der Waals surface area contributed by atoms with Crippen LogP contribution in [0.15, 0.2) is 45.3 Å². The molecule has 1 aromatic carbocycles. The molecule has 8 heteroatoms. The molecule has 0 atom stereocenters. The van der Waals surface area contributed by atoms with E-state index in [1.165, 1.54) is 0 Å². The summed E-state index contributed by atoms with van der Waals surface area (Å²) in [5.41, 5.74) is 4.40. The third kappa shape index (κ3) is 2.58. The number of aromatic amines is 1. The van der Waals surface area contributed by atoms with Crippen LogP contribution in [-0.4, -0.2) is 19.5 Å². The summed E-state index contributed by atoms with van der Waals surface area (Å²) in [5, 5.41) is 0. The lowest BCUT2D eigenvalue weighted by atomic mass is 10.1. The highest BCUT2D eigenvalue weighted by Gasteiger charge is 2.13. The van der Waals surface area contributed by atoms with Crippen LogP contribution in [-0.2, 0) is 12.4 Å². The highest BCUT2D eigenvalue weighted by atomic mass is 35.5. The van der Waals surface area contributed by atoms with Crippen molar-refractivity contribution in [2.75, 3.05) is 0 Å². The van der Waals surface area contributed by atoms with Gasteiger partial charge < -0.3 is 8.98 Å². The maximum atomic E-state index is 11.2. The van der Waals surface area contributed by atoms with Gasteiger partial charge in [-0.25, -0.2) is 9.78 Å². The number of halogens is 1. The molecule has 0 unspecified atom stereocenters. The first-order chi connectivity index (χ1) is 11.2. The predicted octanol–water partition coefficient (Wildman–Crippen LogP) is 3.23. The summed E-state index contributed by atoms with van der Waals surface area (Å²) in [4.78, 5) is 23.5. The van der Waals surface area contributed by atoms with Gasteiger partial charge >= 0.3 is 5.76 Å². The Balaban J connectivity index is 1.87. The number of benzene rings is 1. The third-order valence-electron chi connectivity index (χ3n) is 3.55. The molecule has 0 aliphatic rings. The Morgan fingerprint density at radius 3 is 3.00 bits per heavy atom. The van der Waals surface area contributed by atoms with Gasteiger partial charge in [0.25, 0.3) is 0 Å². The number of imidazole rings is 1. The van der Waals surface area contributed by atoms with Gasteiger partial charge in [-0.05, 0) is 18.2 Å². The van der Waals surface area contributed by atoms with Gasteiger partial charge in [0.05, 0.1) is 35.2 Å². The Morgan fingerprint density at radius 1 is 1.39 bits per heavy atom. The second kappa shape index (κ2) is 5.68. The summed E-state index contributed by atoms with van der Waals surface area (Å²) in [6.45, 7) is 0.657. The van der Waals surface area contributed by atoms with Crippen molar-refractivity contribution in [3.63, 3.8) is 0 Å². The molecule has 1 N–H and O–H groups in total. The average Bonchev–Trinajstić information content (AvgIpc) is 3.28. The number of alkyl halides is 1. The van der Waals surface area contributed by atoms with E-state index in [1.54, 1.807) is 23.0 Å². The first kappa shape index (κ1) is 14.2. The van der Waals surface area contributed by atoms with Crippen LogP contribution in [0, 0.1) is 0 Å². The van der Waals surface area contributed by atoms with E-state index in [9.17, 15) is 4.79 Å². The first-order valence-corrected chi connectivity index (χ1v) is 8.27. The molecule has 116 valence electrons. The molecule has 0 amide bonds. The van der Waals surface area contributed by atoms with Gasteiger partial charge in [-0.1, -0.05) is 0 Å². The summed E-state index contributed by atoms with van der Waals surface area (Å²) in [6, 6.07) is 5.72. The maximum absolute atomic E-state index is 11.2. The minimum Gasteiger partial charge on any atom is -0.408 e. The molecule has 0 aliphatic heterocycles. The molecule has 0 fully saturated rings. The van der Waals surface area contributed by atoms with Crippen LogP contribution >= 0.6 is 22.9 Å². The molecule has 3 heterocycles. The molecular formula is C15H11ClN4O2S. The molecule has 3 aromatic heterocycles. The summed E-state index contributed by atoms with van der Waals surface area (Å²) in [7, 11) is 0. The molecule has 0 bridgehead atoms. The largest absolute Gasteiger partial charge is 0.416 e. The molecule has 0 saturated carbocycles. The minimum absolute atomic E-state index is 0.321. The summed E-state index contributed by atoms with van der Waals surface area (Å²) in [5.74, 6) is 1.14. The number of fused-ring (bicyclic) bond motifs is 1. The average molecular weight is 347 g/mol. The number of H-pyrrole nitrogens is 1. The van der Waals surface area contributed by atoms with Crippen molar-refractivity contribution in [3.8, 4) is 11.3 Å². The van der Waals surface area contributed by atoms with Crippen LogP contribution in [0.2, 0.25) is 0 Å². The lowest BCUT2D eigenvalue weighted by molar-refractivity contribution is 0.528. The van der Waals surface area contributed by atoms with Gasteiger partial charge in [-0.2, -0.15) is 0 Å². The van der Waals surface area contributed by atoms with E-state index in [4.69, 9.17) is 16.0 Å². The number of oxazole rings is 1. The quantitative estimate of drug-likeness (QED) is 0.575. The number of nitrogens with zero attached hydrogens (tertiary/aromatic N) is 3. The van der Waals surface area contributed by atoms with Gasteiger partial charge in [0.1, 0.15) is 5.82 Å². The molecule has 4 aromatic rings. The van der Waals surface area contributed by atoms with Crippen molar-refractivity contribution < 1.29 is 4.42 Å². The number of aromatic nitrogens is 4. The number of rotatable bonds is 4. The predicted molar refractivity (Wildman–Crippen MR) is 88.8 cm³/mol. The monoisotopic (exact) mass is 346 g/mol. The van der Waals surface area contributed by atoms with E-state index in [1.807, 2.05) is 24.4 Å². The van der Waals surface area contributed by atoms with E-state index >= 15 is 0 Å². The summed E-state index contributed by atoms with van der Waals surface area (Å²) >= 11 is 7.63. The Hall–Kier alpha value is -2.38. The van der Waals surface area contributed by atoms with E-state index in [0.29, 0.717) is 18.2 Å². The smallest absolute Gasteiger partial charge is 0.408 e. The molecule has 23 heavy (non-hydrogen) atoms. The Bertz CT molecular complexity index is 1020. The normalized spacial score (nSPS) is 11.3. The van der Waals surface area contributed by atoms with E-state index in [-0.39, 0.29) is 0 Å². The molecule has 0 spiro atoms. The van der Waals surface area contributed by atoms with E-state index in [0.717, 1.165) is 27.3 Å². The zero-order chi connectivity index (χ0) is 15.8. The van der Waals surface area contributed by atoms with E-state index in [2.05, 4.69) is 19.5 Å². The van der Waals surface area contributed by atoms with Crippen molar-refractivity contribution in [2.45, 2.75) is 12.4 Å². The highest BCUT2D eigenvalue weighted by molar-refractivity contribution is 7.09. The molecule has 6 nitrogen and oxygen atoms in total. The van der Waals surface area contributed by atoms with Crippen molar-refractivity contribution in [3.05, 3.63) is 57.4 Å². The van der Waals surface area contributed by atoms with Crippen LogP contribution in [0.5, 0.6) is 0 Å². The van der Waals surface area contributed by atoms with Crippen molar-refractivity contribution >= 4 is 34.0 Å². The molecular weight excluding hydrogens is 336 g/mol. The standard InChI is InChI=1S/C15H11ClN4O2S/c16-4-14-19-11-2-1-9(13-6-18-15(21)22-13)3-12(11)20(14)7-10-5-17-8-23-10/h1-3,5-6,8H,4,7H2,(H,18,21). The fourth-order valence-corrected chi connectivity index (χ4v) is 3.29. The van der Waals surface area contributed by atoms with Crippen molar-refractivity contribution in [1.29, 1.82) is 0 Å². The minimum atomic E-state index is -0.472. The zero-order valence-corrected chi connectivity index (χ0v) is 13.4. The van der Waals surface area contributed by atoms with E-state index < -0.39 is 5.76 Å². The number of hydrogen-bond acceptors (Lipinski definition) is 5. The van der Waals surface area contributed by atoms with Crippen LogP contribution < -0.4 is 5.76 Å². The molecule has 4 rings (SSSR count). The fourth-order valence-electron chi connectivity index (χ4n) is 2.51. The SMILES string of the molecule is O=c1[nH]cc(-c2ccc3nc(CCl)n(Cc4cncs4)c3c2)o1. The van der Waals surface area contributed by atoms with Crippen molar-refractivity contribution in [1.82, 2.24) is 19.5 Å². The lowest BCUT2D eigenvalue weighted by Gasteiger charge is -2.06. The molecule has 0 radical (unpaired) electrons. The molecule has 0 saturated heterocycles. The third-order valence-corrected chi connectivity index (χ3v) is 4.56. The van der Waals surface area contributed by atoms with Crippen LogP contribution in [0.3, 0.4) is 0 Å². The Morgan fingerprint density at radius 2 is 2.30 bits per heavy atom. The van der Waals surface area contributed by atoms with Gasteiger partial charge in [0.15, 0.2) is 5.76 Å². The first-order valence-electron chi connectivity index (χ1n) is 6.86. The van der Waals surface area contributed by atoms with Crippen LogP contribution in [0.1, 0.15) is 10.7 Å². The highest BCUT2D eigenvalue weighted by Crippen LogP contribution is 2.26. The van der Waals surface area contributed by atoms with Gasteiger partial charge in [-0.15, -0.1) is 22.9 Å². The van der Waals surface area contributed by atoms with Gasteiger partial charge in [0.2, 0.25) is 0 Å². The number of nitrogens with one attached hydrogen (secondary N) is 1. The number of thiazole rings is 1. The van der Waals surface area contributed by atoms with Gasteiger partial charge in [0, 0.05) is 16.6 Å². The topological polar surface area (TPSA) is 76.7 Å². The lowest BCUT2D eigenvalue weighted by Crippen LogP contribution is -2.02.